The number of benzene rings is 2. The van der Waals surface area contributed by atoms with E-state index >= 15 is 0 Å². The molecule has 2 aromatic rings. The van der Waals surface area contributed by atoms with E-state index in [-0.39, 0.29) is 5.91 Å². The van der Waals surface area contributed by atoms with Crippen molar-refractivity contribution in [1.29, 1.82) is 0 Å². The van der Waals surface area contributed by atoms with Gasteiger partial charge in [-0.3, -0.25) is 4.79 Å². The standard InChI is InChI=1S/C17H20N2O2/c1-3-12-6-4-5-7-14(12)11-19-17(20)13-8-9-16(21-2)15(18)10-13/h4-10H,3,11,18H2,1-2H3,(H,19,20). The van der Waals surface area contributed by atoms with Crippen molar-refractivity contribution < 1.29 is 9.53 Å². The number of nitrogens with one attached hydrogen (secondary N) is 1. The summed E-state index contributed by atoms with van der Waals surface area (Å²) in [6.07, 6.45) is 0.946. The zero-order valence-electron chi connectivity index (χ0n) is 12.3. The van der Waals surface area contributed by atoms with Crippen molar-refractivity contribution >= 4 is 11.6 Å². The van der Waals surface area contributed by atoms with Crippen LogP contribution >= 0.6 is 0 Å². The molecule has 2 aromatic carbocycles. The normalized spacial score (nSPS) is 10.2. The van der Waals surface area contributed by atoms with Gasteiger partial charge in [0, 0.05) is 12.1 Å². The Labute approximate surface area is 124 Å². The van der Waals surface area contributed by atoms with E-state index in [1.165, 1.54) is 5.56 Å². The smallest absolute Gasteiger partial charge is 0.251 e. The van der Waals surface area contributed by atoms with Gasteiger partial charge >= 0.3 is 0 Å². The van der Waals surface area contributed by atoms with Gasteiger partial charge in [-0.05, 0) is 35.7 Å². The molecule has 3 N–H and O–H groups in total. The average Bonchev–Trinajstić information content (AvgIpc) is 2.52. The van der Waals surface area contributed by atoms with Crippen LogP contribution in [0, 0.1) is 0 Å². The first-order chi connectivity index (χ1) is 10.2. The molecule has 1 amide bonds. The predicted molar refractivity (Wildman–Crippen MR) is 84.4 cm³/mol. The molecule has 21 heavy (non-hydrogen) atoms. The highest BCUT2D eigenvalue weighted by Crippen LogP contribution is 2.21. The number of carbonyl (C=O) groups is 1. The summed E-state index contributed by atoms with van der Waals surface area (Å²) in [5, 5.41) is 2.92. The Hall–Kier alpha value is -2.49. The van der Waals surface area contributed by atoms with Crippen molar-refractivity contribution in [2.24, 2.45) is 0 Å². The molecule has 0 aromatic heterocycles. The van der Waals surface area contributed by atoms with Crippen molar-refractivity contribution in [1.82, 2.24) is 5.32 Å². The Morgan fingerprint density at radius 3 is 2.52 bits per heavy atom. The number of nitrogen functional groups attached to an aromatic ring is 1. The Bertz CT molecular complexity index is 638. The molecule has 0 aliphatic heterocycles. The number of anilines is 1. The molecule has 2 rings (SSSR count). The van der Waals surface area contributed by atoms with Crippen LogP contribution in [0.3, 0.4) is 0 Å². The highest BCUT2D eigenvalue weighted by molar-refractivity contribution is 5.95. The Kier molecular flexibility index (Phi) is 4.82. The van der Waals surface area contributed by atoms with E-state index in [2.05, 4.69) is 18.3 Å². The van der Waals surface area contributed by atoms with Crippen LogP contribution in [0.5, 0.6) is 5.75 Å². The minimum Gasteiger partial charge on any atom is -0.495 e. The minimum absolute atomic E-state index is 0.143. The summed E-state index contributed by atoms with van der Waals surface area (Å²) in [5.41, 5.74) is 9.18. The van der Waals surface area contributed by atoms with Gasteiger partial charge in [0.05, 0.1) is 12.8 Å². The molecule has 0 saturated heterocycles. The molecule has 0 spiro atoms. The van der Waals surface area contributed by atoms with Gasteiger partial charge in [-0.25, -0.2) is 0 Å². The fraction of sp³-hybridized carbons (Fsp3) is 0.235. The van der Waals surface area contributed by atoms with Crippen LogP contribution in [0.15, 0.2) is 42.5 Å². The van der Waals surface area contributed by atoms with E-state index < -0.39 is 0 Å². The lowest BCUT2D eigenvalue weighted by molar-refractivity contribution is 0.0951. The highest BCUT2D eigenvalue weighted by atomic mass is 16.5. The highest BCUT2D eigenvalue weighted by Gasteiger charge is 2.09. The van der Waals surface area contributed by atoms with Gasteiger partial charge in [0.2, 0.25) is 0 Å². The van der Waals surface area contributed by atoms with Crippen molar-refractivity contribution in [3.63, 3.8) is 0 Å². The number of ether oxygens (including phenoxy) is 1. The molecule has 110 valence electrons. The number of carbonyl (C=O) groups excluding carboxylic acids is 1. The first-order valence-electron chi connectivity index (χ1n) is 6.94. The lowest BCUT2D eigenvalue weighted by Gasteiger charge is -2.10. The van der Waals surface area contributed by atoms with Crippen LogP contribution in [-0.4, -0.2) is 13.0 Å². The van der Waals surface area contributed by atoms with E-state index in [0.717, 1.165) is 12.0 Å². The van der Waals surface area contributed by atoms with E-state index in [4.69, 9.17) is 10.5 Å². The summed E-state index contributed by atoms with van der Waals surface area (Å²) in [5.74, 6) is 0.429. The van der Waals surface area contributed by atoms with Crippen LogP contribution in [-0.2, 0) is 13.0 Å². The fourth-order valence-electron chi connectivity index (χ4n) is 2.23. The first kappa shape index (κ1) is 14.9. The topological polar surface area (TPSA) is 64.3 Å². The fourth-order valence-corrected chi connectivity index (χ4v) is 2.23. The lowest BCUT2D eigenvalue weighted by Crippen LogP contribution is -2.23. The maximum Gasteiger partial charge on any atom is 0.251 e. The van der Waals surface area contributed by atoms with Crippen LogP contribution in [0.25, 0.3) is 0 Å². The summed E-state index contributed by atoms with van der Waals surface area (Å²) in [4.78, 5) is 12.2. The van der Waals surface area contributed by atoms with Crippen molar-refractivity contribution in [3.05, 3.63) is 59.2 Å². The Morgan fingerprint density at radius 2 is 1.90 bits per heavy atom. The van der Waals surface area contributed by atoms with Crippen molar-refractivity contribution in [2.75, 3.05) is 12.8 Å². The SMILES string of the molecule is CCc1ccccc1CNC(=O)c1ccc(OC)c(N)c1. The van der Waals surface area contributed by atoms with Gasteiger partial charge in [-0.2, -0.15) is 0 Å². The van der Waals surface area contributed by atoms with Gasteiger partial charge in [0.1, 0.15) is 5.75 Å². The predicted octanol–water partition coefficient (Wildman–Crippen LogP) is 2.77. The molecular weight excluding hydrogens is 264 g/mol. The summed E-state index contributed by atoms with van der Waals surface area (Å²) in [6, 6.07) is 13.1. The van der Waals surface area contributed by atoms with E-state index in [1.807, 2.05) is 18.2 Å². The largest absolute Gasteiger partial charge is 0.495 e. The third-order valence-corrected chi connectivity index (χ3v) is 3.43. The van der Waals surface area contributed by atoms with Crippen molar-refractivity contribution in [2.45, 2.75) is 19.9 Å². The quantitative estimate of drug-likeness (QED) is 0.830. The Morgan fingerprint density at radius 1 is 1.19 bits per heavy atom. The summed E-state index contributed by atoms with van der Waals surface area (Å²) >= 11 is 0. The molecular formula is C17H20N2O2. The molecule has 0 bridgehead atoms. The Balaban J connectivity index is 2.06. The summed E-state index contributed by atoms with van der Waals surface area (Å²) in [7, 11) is 1.55. The number of hydrogen-bond acceptors (Lipinski definition) is 3. The van der Waals surface area contributed by atoms with E-state index in [9.17, 15) is 4.79 Å². The molecule has 0 fully saturated rings. The maximum atomic E-state index is 12.2. The van der Waals surface area contributed by atoms with Gasteiger partial charge in [-0.1, -0.05) is 31.2 Å². The molecule has 0 aliphatic carbocycles. The molecule has 4 nitrogen and oxygen atoms in total. The maximum absolute atomic E-state index is 12.2. The minimum atomic E-state index is -0.143. The van der Waals surface area contributed by atoms with Crippen LogP contribution in [0.2, 0.25) is 0 Å². The van der Waals surface area contributed by atoms with Crippen molar-refractivity contribution in [3.8, 4) is 5.75 Å². The second-order valence-electron chi connectivity index (χ2n) is 4.76. The van der Waals surface area contributed by atoms with Crippen LogP contribution in [0.1, 0.15) is 28.4 Å². The number of aryl methyl sites for hydroxylation is 1. The lowest BCUT2D eigenvalue weighted by atomic mass is 10.1. The number of methoxy groups -OCH3 is 1. The number of amides is 1. The molecule has 0 radical (unpaired) electrons. The monoisotopic (exact) mass is 284 g/mol. The summed E-state index contributed by atoms with van der Waals surface area (Å²) in [6.45, 7) is 2.61. The molecule has 0 unspecified atom stereocenters. The molecule has 0 saturated carbocycles. The third kappa shape index (κ3) is 3.54. The van der Waals surface area contributed by atoms with Gasteiger partial charge in [0.25, 0.3) is 5.91 Å². The summed E-state index contributed by atoms with van der Waals surface area (Å²) < 4.78 is 5.08. The second-order valence-corrected chi connectivity index (χ2v) is 4.76. The van der Waals surface area contributed by atoms with Gasteiger partial charge in [-0.15, -0.1) is 0 Å². The number of rotatable bonds is 5. The molecule has 4 heteroatoms. The number of nitrogens with two attached hydrogens (primary N) is 1. The zero-order valence-corrected chi connectivity index (χ0v) is 12.3. The molecule has 0 heterocycles. The van der Waals surface area contributed by atoms with Gasteiger partial charge < -0.3 is 15.8 Å². The third-order valence-electron chi connectivity index (χ3n) is 3.43. The first-order valence-corrected chi connectivity index (χ1v) is 6.94. The zero-order chi connectivity index (χ0) is 15.2. The van der Waals surface area contributed by atoms with Gasteiger partial charge in [0.15, 0.2) is 0 Å². The van der Waals surface area contributed by atoms with E-state index in [1.54, 1.807) is 25.3 Å². The second kappa shape index (κ2) is 6.79. The van der Waals surface area contributed by atoms with E-state index in [0.29, 0.717) is 23.5 Å². The van der Waals surface area contributed by atoms with Crippen LogP contribution < -0.4 is 15.8 Å². The molecule has 0 atom stereocenters. The molecule has 0 aliphatic rings. The number of hydrogen-bond donors (Lipinski definition) is 2. The average molecular weight is 284 g/mol. The van der Waals surface area contributed by atoms with Crippen LogP contribution in [0.4, 0.5) is 5.69 Å².